The largest absolute Gasteiger partial charge is 0.370 e. The molecule has 17 heavy (non-hydrogen) atoms. The minimum absolute atomic E-state index is 0. The van der Waals surface area contributed by atoms with Crippen molar-refractivity contribution in [2.75, 3.05) is 19.0 Å². The first-order chi connectivity index (χ1) is 7.60. The molecule has 4 nitrogen and oxygen atoms in total. The summed E-state index contributed by atoms with van der Waals surface area (Å²) in [7, 11) is 1.40. The topological polar surface area (TPSA) is 64.3 Å². The molecule has 6 heteroatoms. The van der Waals surface area contributed by atoms with Crippen LogP contribution in [0.3, 0.4) is 0 Å². The summed E-state index contributed by atoms with van der Waals surface area (Å²) < 4.78 is 18.1. The summed E-state index contributed by atoms with van der Waals surface area (Å²) in [5, 5.41) is 2.57. The fourth-order valence-electron chi connectivity index (χ4n) is 1.27. The van der Waals surface area contributed by atoms with Crippen molar-refractivity contribution >= 4 is 24.0 Å². The van der Waals surface area contributed by atoms with Crippen LogP contribution in [0.15, 0.2) is 18.2 Å². The standard InChI is InChI=1S/C11H15FN2O2.ClH/c1-7-8(12)4-3-5-9(7)14-11(15)10(6-13)16-2;/h3-5,10H,6,13H2,1-2H3,(H,14,15);1H. The van der Waals surface area contributed by atoms with Crippen molar-refractivity contribution < 1.29 is 13.9 Å². The summed E-state index contributed by atoms with van der Waals surface area (Å²) in [5.74, 6) is -0.738. The molecule has 0 radical (unpaired) electrons. The van der Waals surface area contributed by atoms with Gasteiger partial charge in [0.15, 0.2) is 0 Å². The van der Waals surface area contributed by atoms with Crippen molar-refractivity contribution in [2.45, 2.75) is 13.0 Å². The van der Waals surface area contributed by atoms with Gasteiger partial charge in [-0.2, -0.15) is 0 Å². The van der Waals surface area contributed by atoms with Gasteiger partial charge in [-0.25, -0.2) is 4.39 Å². The summed E-state index contributed by atoms with van der Waals surface area (Å²) in [6.07, 6.45) is -0.720. The predicted octanol–water partition coefficient (Wildman–Crippen LogP) is 1.47. The lowest BCUT2D eigenvalue weighted by Crippen LogP contribution is -2.36. The molecule has 96 valence electrons. The van der Waals surface area contributed by atoms with E-state index in [0.717, 1.165) is 0 Å². The first-order valence-electron chi connectivity index (χ1n) is 4.89. The van der Waals surface area contributed by atoms with E-state index in [1.807, 2.05) is 0 Å². The van der Waals surface area contributed by atoms with Gasteiger partial charge in [0.25, 0.3) is 5.91 Å². The Bertz CT molecular complexity index is 384. The van der Waals surface area contributed by atoms with Crippen molar-refractivity contribution in [3.63, 3.8) is 0 Å². The number of amides is 1. The fourth-order valence-corrected chi connectivity index (χ4v) is 1.27. The Morgan fingerprint density at radius 2 is 2.24 bits per heavy atom. The van der Waals surface area contributed by atoms with E-state index in [2.05, 4.69) is 5.32 Å². The molecule has 3 N–H and O–H groups in total. The van der Waals surface area contributed by atoms with Crippen LogP contribution in [0.5, 0.6) is 0 Å². The average molecular weight is 263 g/mol. The number of carbonyl (C=O) groups excluding carboxylic acids is 1. The van der Waals surface area contributed by atoms with Crippen LogP contribution < -0.4 is 11.1 Å². The molecule has 1 aromatic carbocycles. The molecule has 0 saturated heterocycles. The van der Waals surface area contributed by atoms with Crippen LogP contribution in [-0.4, -0.2) is 25.7 Å². The Morgan fingerprint density at radius 3 is 2.76 bits per heavy atom. The molecule has 0 fully saturated rings. The molecule has 1 rings (SSSR count). The molecule has 1 atom stereocenters. The third kappa shape index (κ3) is 3.96. The van der Waals surface area contributed by atoms with Crippen molar-refractivity contribution in [1.29, 1.82) is 0 Å². The third-order valence-electron chi connectivity index (χ3n) is 2.32. The Labute approximate surface area is 106 Å². The van der Waals surface area contributed by atoms with Crippen LogP contribution in [0, 0.1) is 12.7 Å². The summed E-state index contributed by atoms with van der Waals surface area (Å²) in [6.45, 7) is 1.67. The summed E-state index contributed by atoms with van der Waals surface area (Å²) in [4.78, 5) is 11.6. The average Bonchev–Trinajstić information content (AvgIpc) is 2.26. The van der Waals surface area contributed by atoms with E-state index in [4.69, 9.17) is 10.5 Å². The zero-order valence-corrected chi connectivity index (χ0v) is 10.5. The zero-order valence-electron chi connectivity index (χ0n) is 9.70. The van der Waals surface area contributed by atoms with Gasteiger partial charge in [-0.3, -0.25) is 4.79 Å². The first kappa shape index (κ1) is 15.8. The van der Waals surface area contributed by atoms with Gasteiger partial charge in [0.05, 0.1) is 0 Å². The Balaban J connectivity index is 0.00000256. The number of rotatable bonds is 4. The van der Waals surface area contributed by atoms with Gasteiger partial charge in [-0.05, 0) is 19.1 Å². The lowest BCUT2D eigenvalue weighted by Gasteiger charge is -2.14. The minimum Gasteiger partial charge on any atom is -0.370 e. The van der Waals surface area contributed by atoms with Gasteiger partial charge in [0, 0.05) is 24.9 Å². The minimum atomic E-state index is -0.720. The molecule has 0 aliphatic carbocycles. The molecule has 0 heterocycles. The lowest BCUT2D eigenvalue weighted by molar-refractivity contribution is -0.125. The monoisotopic (exact) mass is 262 g/mol. The number of nitrogens with one attached hydrogen (secondary N) is 1. The van der Waals surface area contributed by atoms with Crippen LogP contribution in [0.1, 0.15) is 5.56 Å². The maximum Gasteiger partial charge on any atom is 0.254 e. The normalized spacial score (nSPS) is 11.5. The number of hydrogen-bond acceptors (Lipinski definition) is 3. The molecule has 1 amide bonds. The highest BCUT2D eigenvalue weighted by atomic mass is 35.5. The van der Waals surface area contributed by atoms with E-state index in [-0.39, 0.29) is 30.7 Å². The number of methoxy groups -OCH3 is 1. The zero-order chi connectivity index (χ0) is 12.1. The summed E-state index contributed by atoms with van der Waals surface area (Å²) in [5.41, 5.74) is 6.17. The third-order valence-corrected chi connectivity index (χ3v) is 2.32. The van der Waals surface area contributed by atoms with E-state index in [1.54, 1.807) is 13.0 Å². The van der Waals surface area contributed by atoms with E-state index in [9.17, 15) is 9.18 Å². The number of benzene rings is 1. The van der Waals surface area contributed by atoms with Crippen LogP contribution in [0.2, 0.25) is 0 Å². The van der Waals surface area contributed by atoms with Crippen LogP contribution in [0.25, 0.3) is 0 Å². The van der Waals surface area contributed by atoms with E-state index in [0.29, 0.717) is 11.3 Å². The summed E-state index contributed by atoms with van der Waals surface area (Å²) in [6, 6.07) is 4.49. The van der Waals surface area contributed by atoms with Gasteiger partial charge in [0.1, 0.15) is 11.9 Å². The van der Waals surface area contributed by atoms with Crippen molar-refractivity contribution in [3.05, 3.63) is 29.6 Å². The number of anilines is 1. The van der Waals surface area contributed by atoms with Crippen molar-refractivity contribution in [2.24, 2.45) is 5.73 Å². The molecule has 0 aliphatic heterocycles. The Hall–Kier alpha value is -1.17. The molecule has 0 spiro atoms. The second-order valence-electron chi connectivity index (χ2n) is 3.36. The smallest absolute Gasteiger partial charge is 0.254 e. The van der Waals surface area contributed by atoms with Gasteiger partial charge in [-0.15, -0.1) is 12.4 Å². The maximum atomic E-state index is 13.2. The van der Waals surface area contributed by atoms with Gasteiger partial charge >= 0.3 is 0 Å². The number of nitrogens with two attached hydrogens (primary N) is 1. The van der Waals surface area contributed by atoms with Crippen molar-refractivity contribution in [1.82, 2.24) is 0 Å². The molecule has 1 unspecified atom stereocenters. The Kier molecular flexibility index (Phi) is 6.72. The second kappa shape index (κ2) is 7.21. The number of hydrogen-bond donors (Lipinski definition) is 2. The summed E-state index contributed by atoms with van der Waals surface area (Å²) >= 11 is 0. The van der Waals surface area contributed by atoms with Gasteiger partial charge < -0.3 is 15.8 Å². The molecule has 0 aliphatic rings. The predicted molar refractivity (Wildman–Crippen MR) is 66.9 cm³/mol. The SMILES string of the molecule is COC(CN)C(=O)Nc1cccc(F)c1C.Cl. The van der Waals surface area contributed by atoms with E-state index >= 15 is 0 Å². The van der Waals surface area contributed by atoms with Crippen LogP contribution >= 0.6 is 12.4 Å². The van der Waals surface area contributed by atoms with Crippen LogP contribution in [-0.2, 0) is 9.53 Å². The quantitative estimate of drug-likeness (QED) is 0.864. The maximum absolute atomic E-state index is 13.2. The first-order valence-corrected chi connectivity index (χ1v) is 4.89. The van der Waals surface area contributed by atoms with Gasteiger partial charge in [-0.1, -0.05) is 6.07 Å². The van der Waals surface area contributed by atoms with Gasteiger partial charge in [0.2, 0.25) is 0 Å². The lowest BCUT2D eigenvalue weighted by atomic mass is 10.2. The van der Waals surface area contributed by atoms with Crippen molar-refractivity contribution in [3.8, 4) is 0 Å². The second-order valence-corrected chi connectivity index (χ2v) is 3.36. The van der Waals surface area contributed by atoms with Crippen LogP contribution in [0.4, 0.5) is 10.1 Å². The Morgan fingerprint density at radius 1 is 1.59 bits per heavy atom. The molecule has 0 bridgehead atoms. The number of ether oxygens (including phenoxy) is 1. The highest BCUT2D eigenvalue weighted by Crippen LogP contribution is 2.17. The molecule has 0 saturated carbocycles. The van der Waals surface area contributed by atoms with E-state index in [1.165, 1.54) is 19.2 Å². The fraction of sp³-hybridized carbons (Fsp3) is 0.364. The molecular weight excluding hydrogens is 247 g/mol. The van der Waals surface area contributed by atoms with E-state index < -0.39 is 6.10 Å². The highest BCUT2D eigenvalue weighted by molar-refractivity contribution is 5.95. The number of halogens is 2. The molecular formula is C11H16ClFN2O2. The molecule has 1 aromatic rings. The number of carbonyl (C=O) groups is 1. The highest BCUT2D eigenvalue weighted by Gasteiger charge is 2.16. The molecule has 0 aromatic heterocycles.